The molecule has 150 valence electrons. The molecule has 8 heteroatoms. The molecular weight excluding hydrogens is 368 g/mol. The van der Waals surface area contributed by atoms with Gasteiger partial charge in [0.1, 0.15) is 13.2 Å². The van der Waals surface area contributed by atoms with Crippen molar-refractivity contribution >= 4 is 10.0 Å². The molecule has 0 aliphatic carbocycles. The summed E-state index contributed by atoms with van der Waals surface area (Å²) in [6.07, 6.45) is 2.57. The van der Waals surface area contributed by atoms with Crippen LogP contribution in [-0.4, -0.2) is 75.8 Å². The zero-order valence-corrected chi connectivity index (χ0v) is 16.7. The summed E-state index contributed by atoms with van der Waals surface area (Å²) in [6.45, 7) is 7.36. The summed E-state index contributed by atoms with van der Waals surface area (Å²) < 4.78 is 45.2. The molecule has 3 aliphatic rings. The Morgan fingerprint density at radius 1 is 1.04 bits per heavy atom. The Hall–Kier alpha value is -1.35. The van der Waals surface area contributed by atoms with Crippen molar-refractivity contribution in [1.29, 1.82) is 0 Å². The molecule has 0 amide bonds. The molecule has 0 unspecified atom stereocenters. The van der Waals surface area contributed by atoms with Crippen molar-refractivity contribution in [2.45, 2.75) is 36.6 Å². The lowest BCUT2D eigenvalue weighted by Gasteiger charge is -2.46. The van der Waals surface area contributed by atoms with E-state index in [4.69, 9.17) is 14.2 Å². The minimum Gasteiger partial charge on any atom is -0.486 e. The van der Waals surface area contributed by atoms with Gasteiger partial charge >= 0.3 is 0 Å². The third-order valence-corrected chi connectivity index (χ3v) is 7.77. The van der Waals surface area contributed by atoms with Crippen LogP contribution in [0.2, 0.25) is 0 Å². The van der Waals surface area contributed by atoms with Gasteiger partial charge in [-0.25, -0.2) is 8.42 Å². The molecule has 2 fully saturated rings. The normalized spacial score (nSPS) is 23.9. The summed E-state index contributed by atoms with van der Waals surface area (Å²) >= 11 is 0. The van der Waals surface area contributed by atoms with Crippen molar-refractivity contribution in [1.82, 2.24) is 9.21 Å². The van der Waals surface area contributed by atoms with Gasteiger partial charge in [0.25, 0.3) is 0 Å². The Morgan fingerprint density at radius 3 is 2.52 bits per heavy atom. The molecule has 1 aromatic carbocycles. The lowest BCUT2D eigenvalue weighted by Crippen LogP contribution is -2.57. The van der Waals surface area contributed by atoms with Gasteiger partial charge in [0.15, 0.2) is 11.5 Å². The summed E-state index contributed by atoms with van der Waals surface area (Å²) in [5, 5.41) is 0. The Labute approximate surface area is 161 Å². The van der Waals surface area contributed by atoms with Crippen LogP contribution in [0, 0.1) is 0 Å². The maximum absolute atomic E-state index is 13.4. The van der Waals surface area contributed by atoms with Crippen LogP contribution in [0.1, 0.15) is 26.2 Å². The molecule has 0 N–H and O–H groups in total. The van der Waals surface area contributed by atoms with E-state index < -0.39 is 10.0 Å². The first-order chi connectivity index (χ1) is 13.0. The zero-order valence-electron chi connectivity index (χ0n) is 15.9. The first kappa shape index (κ1) is 19.0. The quantitative estimate of drug-likeness (QED) is 0.775. The Kier molecular flexibility index (Phi) is 5.33. The topological polar surface area (TPSA) is 68.3 Å². The van der Waals surface area contributed by atoms with Crippen LogP contribution in [0.4, 0.5) is 0 Å². The molecule has 2 saturated heterocycles. The number of hydrogen-bond acceptors (Lipinski definition) is 6. The summed E-state index contributed by atoms with van der Waals surface area (Å²) in [7, 11) is -3.60. The fourth-order valence-corrected chi connectivity index (χ4v) is 6.01. The van der Waals surface area contributed by atoms with Crippen molar-refractivity contribution in [2.24, 2.45) is 0 Å². The largest absolute Gasteiger partial charge is 0.486 e. The lowest BCUT2D eigenvalue weighted by atomic mass is 9.88. The van der Waals surface area contributed by atoms with E-state index >= 15 is 0 Å². The second-order valence-electron chi connectivity index (χ2n) is 7.41. The van der Waals surface area contributed by atoms with Gasteiger partial charge < -0.3 is 14.2 Å². The van der Waals surface area contributed by atoms with E-state index in [1.165, 1.54) is 0 Å². The van der Waals surface area contributed by atoms with Gasteiger partial charge in [0, 0.05) is 37.9 Å². The third-order valence-electron chi connectivity index (χ3n) is 5.93. The highest BCUT2D eigenvalue weighted by Crippen LogP contribution is 2.36. The van der Waals surface area contributed by atoms with Crippen LogP contribution in [-0.2, 0) is 14.8 Å². The van der Waals surface area contributed by atoms with E-state index in [1.807, 2.05) is 0 Å². The molecule has 3 heterocycles. The number of likely N-dealkylation sites (N-methyl/N-ethyl adjacent to an activating group) is 1. The molecule has 1 aromatic rings. The molecule has 0 radical (unpaired) electrons. The molecule has 7 nitrogen and oxygen atoms in total. The predicted octanol–water partition coefficient (Wildman–Crippen LogP) is 1.72. The van der Waals surface area contributed by atoms with Gasteiger partial charge in [-0.1, -0.05) is 6.92 Å². The first-order valence-corrected chi connectivity index (χ1v) is 11.2. The Balaban J connectivity index is 1.64. The Bertz CT molecular complexity index is 776. The molecule has 27 heavy (non-hydrogen) atoms. The molecule has 3 aliphatic heterocycles. The average molecular weight is 397 g/mol. The van der Waals surface area contributed by atoms with Gasteiger partial charge in [-0.2, -0.15) is 4.31 Å². The van der Waals surface area contributed by atoms with E-state index in [0.717, 1.165) is 32.4 Å². The van der Waals surface area contributed by atoms with Crippen LogP contribution in [0.3, 0.4) is 0 Å². The highest BCUT2D eigenvalue weighted by Gasteiger charge is 2.43. The number of hydrogen-bond donors (Lipinski definition) is 0. The van der Waals surface area contributed by atoms with E-state index in [9.17, 15) is 8.42 Å². The number of nitrogens with zero attached hydrogens (tertiary/aromatic N) is 2. The maximum atomic E-state index is 13.4. The van der Waals surface area contributed by atoms with Gasteiger partial charge in [0.2, 0.25) is 10.0 Å². The van der Waals surface area contributed by atoms with Crippen molar-refractivity contribution in [2.75, 3.05) is 52.6 Å². The highest BCUT2D eigenvalue weighted by molar-refractivity contribution is 7.89. The number of ether oxygens (including phenoxy) is 3. The van der Waals surface area contributed by atoms with Crippen molar-refractivity contribution in [3.63, 3.8) is 0 Å². The number of rotatable bonds is 3. The average Bonchev–Trinajstić information content (AvgIpc) is 2.88. The SMILES string of the molecule is CCN1CCCN(S(=O)(=O)c2ccc3c(c2)OCCO3)CC12CCOCC2. The molecule has 0 atom stereocenters. The first-order valence-electron chi connectivity index (χ1n) is 9.78. The summed E-state index contributed by atoms with van der Waals surface area (Å²) in [5.41, 5.74) is -0.135. The van der Waals surface area contributed by atoms with Crippen LogP contribution >= 0.6 is 0 Å². The van der Waals surface area contributed by atoms with E-state index in [2.05, 4.69) is 11.8 Å². The Morgan fingerprint density at radius 2 is 1.78 bits per heavy atom. The summed E-state index contributed by atoms with van der Waals surface area (Å²) in [5.74, 6) is 1.11. The molecular formula is C19H28N2O5S. The molecule has 0 saturated carbocycles. The summed E-state index contributed by atoms with van der Waals surface area (Å²) in [6, 6.07) is 4.92. The number of benzene rings is 1. The van der Waals surface area contributed by atoms with E-state index in [1.54, 1.807) is 22.5 Å². The zero-order chi connectivity index (χ0) is 18.9. The van der Waals surface area contributed by atoms with Gasteiger partial charge in [-0.3, -0.25) is 4.90 Å². The molecule has 0 aromatic heterocycles. The van der Waals surface area contributed by atoms with Crippen LogP contribution in [0.5, 0.6) is 11.5 Å². The summed E-state index contributed by atoms with van der Waals surface area (Å²) in [4.78, 5) is 2.73. The standard InChI is InChI=1S/C19H28N2O5S/c1-2-20-8-3-9-21(15-19(20)6-10-24-11-7-19)27(22,23)16-4-5-17-18(14-16)26-13-12-25-17/h4-5,14H,2-3,6-13,15H2,1H3. The molecule has 0 bridgehead atoms. The molecule has 4 rings (SSSR count). The van der Waals surface area contributed by atoms with Gasteiger partial charge in [0.05, 0.1) is 4.90 Å². The predicted molar refractivity (Wildman–Crippen MR) is 101 cm³/mol. The van der Waals surface area contributed by atoms with Gasteiger partial charge in [-0.15, -0.1) is 0 Å². The van der Waals surface area contributed by atoms with Crippen LogP contribution in [0.25, 0.3) is 0 Å². The monoisotopic (exact) mass is 396 g/mol. The van der Waals surface area contributed by atoms with E-state index in [-0.39, 0.29) is 10.4 Å². The number of sulfonamides is 1. The minimum absolute atomic E-state index is 0.135. The second-order valence-corrected chi connectivity index (χ2v) is 9.35. The minimum atomic E-state index is -3.60. The smallest absolute Gasteiger partial charge is 0.243 e. The maximum Gasteiger partial charge on any atom is 0.243 e. The fourth-order valence-electron chi connectivity index (χ4n) is 4.44. The fraction of sp³-hybridized carbons (Fsp3) is 0.684. The van der Waals surface area contributed by atoms with Crippen LogP contribution in [0.15, 0.2) is 23.1 Å². The molecule has 1 spiro atoms. The van der Waals surface area contributed by atoms with Crippen molar-refractivity contribution in [3.05, 3.63) is 18.2 Å². The highest BCUT2D eigenvalue weighted by atomic mass is 32.2. The van der Waals surface area contributed by atoms with Crippen molar-refractivity contribution < 1.29 is 22.6 Å². The third kappa shape index (κ3) is 3.55. The van der Waals surface area contributed by atoms with E-state index in [0.29, 0.717) is 51.0 Å². The van der Waals surface area contributed by atoms with Crippen molar-refractivity contribution in [3.8, 4) is 11.5 Å². The number of fused-ring (bicyclic) bond motifs is 1. The lowest BCUT2D eigenvalue weighted by molar-refractivity contribution is -0.0263. The van der Waals surface area contributed by atoms with Gasteiger partial charge in [-0.05, 0) is 44.5 Å². The second kappa shape index (κ2) is 7.58. The van der Waals surface area contributed by atoms with Crippen LogP contribution < -0.4 is 9.47 Å².